The van der Waals surface area contributed by atoms with Gasteiger partial charge in [0.2, 0.25) is 0 Å². The van der Waals surface area contributed by atoms with Gasteiger partial charge in [0.15, 0.2) is 11.6 Å². The summed E-state index contributed by atoms with van der Waals surface area (Å²) in [5.41, 5.74) is 3.18. The van der Waals surface area contributed by atoms with Crippen LogP contribution in [-0.4, -0.2) is 38.4 Å². The molecule has 3 rings (SSSR count). The molecular formula is C19H20N2O3. The molecule has 1 aliphatic carbocycles. The zero-order chi connectivity index (χ0) is 17.1. The standard InChI is InChI=1S/C19H20N2O3/c1-3-20-14-8-4-6-12-16(14)18(22)13-7-5-9-15(17(13)19(12)23)21-10-11-24-2/h4-9,20-21H,3,10-11H2,1-2H3. The number of hydrogen-bond donors (Lipinski definition) is 2. The van der Waals surface area contributed by atoms with Gasteiger partial charge in [-0.2, -0.15) is 0 Å². The Kier molecular flexibility index (Phi) is 4.62. The molecule has 0 heterocycles. The molecule has 0 bridgehead atoms. The first-order valence-corrected chi connectivity index (χ1v) is 8.01. The summed E-state index contributed by atoms with van der Waals surface area (Å²) in [4.78, 5) is 26.0. The van der Waals surface area contributed by atoms with Crippen LogP contribution in [0.3, 0.4) is 0 Å². The van der Waals surface area contributed by atoms with E-state index in [1.54, 1.807) is 31.4 Å². The van der Waals surface area contributed by atoms with E-state index in [1.165, 1.54) is 0 Å². The fourth-order valence-corrected chi connectivity index (χ4v) is 3.01. The van der Waals surface area contributed by atoms with Crippen LogP contribution >= 0.6 is 0 Å². The molecular weight excluding hydrogens is 304 g/mol. The second kappa shape index (κ2) is 6.84. The minimum absolute atomic E-state index is 0.119. The maximum Gasteiger partial charge on any atom is 0.196 e. The third kappa shape index (κ3) is 2.67. The highest BCUT2D eigenvalue weighted by Crippen LogP contribution is 2.35. The van der Waals surface area contributed by atoms with Gasteiger partial charge in [0, 0.05) is 42.7 Å². The molecule has 0 saturated carbocycles. The molecule has 0 unspecified atom stereocenters. The van der Waals surface area contributed by atoms with Gasteiger partial charge in [-0.1, -0.05) is 24.3 Å². The van der Waals surface area contributed by atoms with Gasteiger partial charge < -0.3 is 15.4 Å². The van der Waals surface area contributed by atoms with Gasteiger partial charge >= 0.3 is 0 Å². The molecule has 0 spiro atoms. The minimum atomic E-state index is -0.125. The van der Waals surface area contributed by atoms with Crippen LogP contribution in [0, 0.1) is 0 Å². The maximum atomic E-state index is 13.0. The average molecular weight is 324 g/mol. The molecule has 0 aromatic heterocycles. The number of ketones is 2. The molecule has 0 amide bonds. The monoisotopic (exact) mass is 324 g/mol. The summed E-state index contributed by atoms with van der Waals surface area (Å²) in [5.74, 6) is -0.244. The summed E-state index contributed by atoms with van der Waals surface area (Å²) in [7, 11) is 1.62. The second-order valence-corrected chi connectivity index (χ2v) is 5.56. The van der Waals surface area contributed by atoms with Crippen molar-refractivity contribution in [3.8, 4) is 0 Å². The van der Waals surface area contributed by atoms with Crippen molar-refractivity contribution in [1.82, 2.24) is 0 Å². The van der Waals surface area contributed by atoms with Crippen LogP contribution in [0.1, 0.15) is 38.8 Å². The molecule has 2 aromatic rings. The number of nitrogens with one attached hydrogen (secondary N) is 2. The SMILES string of the molecule is CCNc1cccc2c1C(=O)c1cccc(NCCOC)c1C2=O. The molecule has 0 fully saturated rings. The molecule has 0 radical (unpaired) electrons. The molecule has 0 aliphatic heterocycles. The maximum absolute atomic E-state index is 13.0. The predicted molar refractivity (Wildman–Crippen MR) is 94.3 cm³/mol. The van der Waals surface area contributed by atoms with E-state index in [2.05, 4.69) is 10.6 Å². The zero-order valence-corrected chi connectivity index (χ0v) is 13.8. The Hall–Kier alpha value is -2.66. The lowest BCUT2D eigenvalue weighted by Gasteiger charge is -2.23. The number of hydrogen-bond acceptors (Lipinski definition) is 5. The van der Waals surface area contributed by atoms with Crippen LogP contribution in [0.2, 0.25) is 0 Å². The number of methoxy groups -OCH3 is 1. The van der Waals surface area contributed by atoms with E-state index >= 15 is 0 Å². The third-order valence-electron chi connectivity index (χ3n) is 4.06. The molecule has 2 N–H and O–H groups in total. The van der Waals surface area contributed by atoms with E-state index in [0.29, 0.717) is 53.3 Å². The number of ether oxygens (including phenoxy) is 1. The van der Waals surface area contributed by atoms with E-state index in [-0.39, 0.29) is 11.6 Å². The summed E-state index contributed by atoms with van der Waals surface area (Å²) in [6.45, 7) is 3.73. The van der Waals surface area contributed by atoms with Crippen molar-refractivity contribution in [2.24, 2.45) is 0 Å². The van der Waals surface area contributed by atoms with Gasteiger partial charge in [-0.3, -0.25) is 9.59 Å². The molecule has 124 valence electrons. The van der Waals surface area contributed by atoms with Crippen molar-refractivity contribution in [1.29, 1.82) is 0 Å². The fourth-order valence-electron chi connectivity index (χ4n) is 3.01. The molecule has 0 atom stereocenters. The highest BCUT2D eigenvalue weighted by molar-refractivity contribution is 6.31. The lowest BCUT2D eigenvalue weighted by atomic mass is 9.82. The summed E-state index contributed by atoms with van der Waals surface area (Å²) >= 11 is 0. The normalized spacial score (nSPS) is 12.6. The average Bonchev–Trinajstić information content (AvgIpc) is 2.60. The van der Waals surface area contributed by atoms with Crippen molar-refractivity contribution < 1.29 is 14.3 Å². The van der Waals surface area contributed by atoms with Crippen LogP contribution < -0.4 is 10.6 Å². The van der Waals surface area contributed by atoms with E-state index in [9.17, 15) is 9.59 Å². The Morgan fingerprint density at radius 3 is 1.92 bits per heavy atom. The first-order valence-electron chi connectivity index (χ1n) is 8.01. The van der Waals surface area contributed by atoms with Gasteiger partial charge in [0.05, 0.1) is 17.7 Å². The van der Waals surface area contributed by atoms with Crippen molar-refractivity contribution in [2.75, 3.05) is 37.4 Å². The topological polar surface area (TPSA) is 67.4 Å². The lowest BCUT2D eigenvalue weighted by Crippen LogP contribution is -2.24. The van der Waals surface area contributed by atoms with Crippen molar-refractivity contribution in [3.05, 3.63) is 58.7 Å². The van der Waals surface area contributed by atoms with Crippen molar-refractivity contribution in [3.63, 3.8) is 0 Å². The van der Waals surface area contributed by atoms with E-state index in [0.717, 1.165) is 0 Å². The number of carbonyl (C=O) groups is 2. The van der Waals surface area contributed by atoms with Gasteiger partial charge in [-0.25, -0.2) is 0 Å². The molecule has 24 heavy (non-hydrogen) atoms. The molecule has 1 aliphatic rings. The highest BCUT2D eigenvalue weighted by atomic mass is 16.5. The fraction of sp³-hybridized carbons (Fsp3) is 0.263. The predicted octanol–water partition coefficient (Wildman–Crippen LogP) is 2.95. The first-order chi connectivity index (χ1) is 11.7. The minimum Gasteiger partial charge on any atom is -0.385 e. The summed E-state index contributed by atoms with van der Waals surface area (Å²) in [5, 5.41) is 6.35. The highest BCUT2D eigenvalue weighted by Gasteiger charge is 2.33. The largest absolute Gasteiger partial charge is 0.385 e. The van der Waals surface area contributed by atoms with E-state index < -0.39 is 0 Å². The number of carbonyl (C=O) groups excluding carboxylic acids is 2. The van der Waals surface area contributed by atoms with Gasteiger partial charge in [0.25, 0.3) is 0 Å². The Balaban J connectivity index is 2.09. The molecule has 5 heteroatoms. The smallest absolute Gasteiger partial charge is 0.196 e. The zero-order valence-electron chi connectivity index (χ0n) is 13.8. The van der Waals surface area contributed by atoms with E-state index in [4.69, 9.17) is 4.74 Å². The number of fused-ring (bicyclic) bond motifs is 2. The summed E-state index contributed by atoms with van der Waals surface area (Å²) in [6, 6.07) is 10.7. The number of rotatable bonds is 6. The van der Waals surface area contributed by atoms with E-state index in [1.807, 2.05) is 19.1 Å². The molecule has 2 aromatic carbocycles. The van der Waals surface area contributed by atoms with Gasteiger partial charge in [-0.15, -0.1) is 0 Å². The summed E-state index contributed by atoms with van der Waals surface area (Å²) < 4.78 is 5.03. The van der Waals surface area contributed by atoms with Gasteiger partial charge in [0.1, 0.15) is 0 Å². The lowest BCUT2D eigenvalue weighted by molar-refractivity contribution is 0.0980. The Labute approximate surface area is 141 Å². The third-order valence-corrected chi connectivity index (χ3v) is 4.06. The van der Waals surface area contributed by atoms with Crippen LogP contribution in [-0.2, 0) is 4.74 Å². The van der Waals surface area contributed by atoms with Crippen molar-refractivity contribution in [2.45, 2.75) is 6.92 Å². The van der Waals surface area contributed by atoms with Crippen LogP contribution in [0.25, 0.3) is 0 Å². The van der Waals surface area contributed by atoms with Crippen LogP contribution in [0.4, 0.5) is 11.4 Å². The van der Waals surface area contributed by atoms with Crippen LogP contribution in [0.5, 0.6) is 0 Å². The van der Waals surface area contributed by atoms with Crippen molar-refractivity contribution >= 4 is 22.9 Å². The number of benzene rings is 2. The Bertz CT molecular complexity index is 799. The molecule has 0 saturated heterocycles. The second-order valence-electron chi connectivity index (χ2n) is 5.56. The first kappa shape index (κ1) is 16.2. The van der Waals surface area contributed by atoms with Crippen LogP contribution in [0.15, 0.2) is 36.4 Å². The molecule has 5 nitrogen and oxygen atoms in total. The van der Waals surface area contributed by atoms with Gasteiger partial charge in [-0.05, 0) is 19.1 Å². The summed E-state index contributed by atoms with van der Waals surface area (Å²) in [6.07, 6.45) is 0. The quantitative estimate of drug-likeness (QED) is 0.682. The Morgan fingerprint density at radius 1 is 0.875 bits per heavy atom. The Morgan fingerprint density at radius 2 is 1.42 bits per heavy atom. The number of anilines is 2.